The zero-order valence-corrected chi connectivity index (χ0v) is 10.8. The van der Waals surface area contributed by atoms with Gasteiger partial charge in [0.15, 0.2) is 5.78 Å². The molecule has 104 valence electrons. The first-order valence-corrected chi connectivity index (χ1v) is 6.52. The summed E-state index contributed by atoms with van der Waals surface area (Å²) in [5.74, 6) is -4.63. The zero-order valence-electron chi connectivity index (χ0n) is 10.00. The topological polar surface area (TPSA) is 17.1 Å². The lowest BCUT2D eigenvalue weighted by Crippen LogP contribution is -2.08. The Bertz CT molecular complexity index is 637. The standard InChI is InChI=1S/C14H8F4OS/c15-8-4-5-13(11(18)6-8)20-7-12(19)14-9(16)2-1-3-10(14)17/h1-6H,7H2. The minimum absolute atomic E-state index is 0.0384. The van der Waals surface area contributed by atoms with Crippen LogP contribution in [-0.2, 0) is 0 Å². The third kappa shape index (κ3) is 3.19. The lowest BCUT2D eigenvalue weighted by atomic mass is 10.1. The van der Waals surface area contributed by atoms with Crippen LogP contribution < -0.4 is 0 Å². The van der Waals surface area contributed by atoms with Crippen molar-refractivity contribution in [2.24, 2.45) is 0 Å². The smallest absolute Gasteiger partial charge is 0.178 e. The van der Waals surface area contributed by atoms with E-state index >= 15 is 0 Å². The molecule has 0 unspecified atom stereocenters. The van der Waals surface area contributed by atoms with Gasteiger partial charge in [-0.05, 0) is 24.3 Å². The number of hydrogen-bond donors (Lipinski definition) is 0. The molecule has 0 bridgehead atoms. The number of carbonyl (C=O) groups excluding carboxylic acids is 1. The van der Waals surface area contributed by atoms with E-state index in [0.29, 0.717) is 6.07 Å². The Balaban J connectivity index is 2.13. The third-order valence-corrected chi connectivity index (χ3v) is 3.54. The van der Waals surface area contributed by atoms with Crippen molar-refractivity contribution in [3.8, 4) is 0 Å². The van der Waals surface area contributed by atoms with E-state index in [1.54, 1.807) is 0 Å². The molecule has 0 aliphatic rings. The van der Waals surface area contributed by atoms with Gasteiger partial charge in [-0.2, -0.15) is 0 Å². The first kappa shape index (κ1) is 14.6. The SMILES string of the molecule is O=C(CSc1ccc(F)cc1F)c1c(F)cccc1F. The monoisotopic (exact) mass is 300 g/mol. The van der Waals surface area contributed by atoms with E-state index in [-0.39, 0.29) is 10.6 Å². The molecule has 20 heavy (non-hydrogen) atoms. The number of hydrogen-bond acceptors (Lipinski definition) is 2. The van der Waals surface area contributed by atoms with E-state index in [1.165, 1.54) is 6.07 Å². The van der Waals surface area contributed by atoms with Crippen molar-refractivity contribution < 1.29 is 22.4 Å². The van der Waals surface area contributed by atoms with Gasteiger partial charge < -0.3 is 0 Å². The van der Waals surface area contributed by atoms with Gasteiger partial charge in [0.05, 0.1) is 11.3 Å². The quantitative estimate of drug-likeness (QED) is 0.478. The molecule has 0 fully saturated rings. The van der Waals surface area contributed by atoms with Crippen molar-refractivity contribution in [1.82, 2.24) is 0 Å². The second-order valence-corrected chi connectivity index (χ2v) is 4.90. The average Bonchev–Trinajstić information content (AvgIpc) is 2.37. The molecule has 1 nitrogen and oxygen atoms in total. The van der Waals surface area contributed by atoms with Crippen molar-refractivity contribution in [3.63, 3.8) is 0 Å². The fourth-order valence-corrected chi connectivity index (χ4v) is 2.36. The van der Waals surface area contributed by atoms with Gasteiger partial charge in [-0.3, -0.25) is 4.79 Å². The Hall–Kier alpha value is -1.82. The van der Waals surface area contributed by atoms with Gasteiger partial charge >= 0.3 is 0 Å². The van der Waals surface area contributed by atoms with Gasteiger partial charge in [-0.1, -0.05) is 6.07 Å². The maximum Gasteiger partial charge on any atom is 0.178 e. The van der Waals surface area contributed by atoms with E-state index in [4.69, 9.17) is 0 Å². The molecule has 0 spiro atoms. The molecule has 0 aliphatic heterocycles. The maximum atomic E-state index is 13.4. The normalized spacial score (nSPS) is 10.6. The van der Waals surface area contributed by atoms with Crippen LogP contribution in [0.3, 0.4) is 0 Å². The molecular formula is C14H8F4OS. The fourth-order valence-electron chi connectivity index (χ4n) is 1.57. The van der Waals surface area contributed by atoms with Crippen LogP contribution in [0.25, 0.3) is 0 Å². The molecule has 0 radical (unpaired) electrons. The summed E-state index contributed by atoms with van der Waals surface area (Å²) in [6, 6.07) is 5.98. The summed E-state index contributed by atoms with van der Waals surface area (Å²) in [4.78, 5) is 11.8. The number of thioether (sulfide) groups is 1. The van der Waals surface area contributed by atoms with Crippen LogP contribution >= 0.6 is 11.8 Å². The minimum Gasteiger partial charge on any atom is -0.293 e. The fraction of sp³-hybridized carbons (Fsp3) is 0.0714. The first-order chi connectivity index (χ1) is 9.49. The Labute approximate surface area is 116 Å². The van der Waals surface area contributed by atoms with Crippen molar-refractivity contribution in [3.05, 3.63) is 65.2 Å². The summed E-state index contributed by atoms with van der Waals surface area (Å²) >= 11 is 0.752. The van der Waals surface area contributed by atoms with E-state index < -0.39 is 34.6 Å². The molecule has 2 aromatic carbocycles. The molecule has 0 heterocycles. The van der Waals surface area contributed by atoms with Crippen LogP contribution in [0, 0.1) is 23.3 Å². The van der Waals surface area contributed by atoms with Crippen LogP contribution in [0.5, 0.6) is 0 Å². The molecule has 2 rings (SSSR count). The van der Waals surface area contributed by atoms with Crippen LogP contribution in [-0.4, -0.2) is 11.5 Å². The van der Waals surface area contributed by atoms with Gasteiger partial charge in [0.25, 0.3) is 0 Å². The lowest BCUT2D eigenvalue weighted by molar-refractivity contribution is 0.101. The average molecular weight is 300 g/mol. The zero-order chi connectivity index (χ0) is 14.7. The van der Waals surface area contributed by atoms with E-state index in [9.17, 15) is 22.4 Å². The number of benzene rings is 2. The maximum absolute atomic E-state index is 13.4. The molecule has 0 saturated heterocycles. The highest BCUT2D eigenvalue weighted by atomic mass is 32.2. The highest BCUT2D eigenvalue weighted by molar-refractivity contribution is 8.00. The number of Topliss-reactive ketones (excluding diaryl/α,β-unsaturated/α-hetero) is 1. The molecule has 0 aromatic heterocycles. The van der Waals surface area contributed by atoms with Gasteiger partial charge in [0, 0.05) is 11.0 Å². The number of halogens is 4. The van der Waals surface area contributed by atoms with Crippen molar-refractivity contribution in [2.75, 3.05) is 5.75 Å². The molecule has 0 atom stereocenters. The molecule has 0 aliphatic carbocycles. The minimum atomic E-state index is -0.963. The molecule has 6 heteroatoms. The lowest BCUT2D eigenvalue weighted by Gasteiger charge is -2.05. The Kier molecular flexibility index (Phi) is 4.44. The second kappa shape index (κ2) is 6.09. The highest BCUT2D eigenvalue weighted by Gasteiger charge is 2.17. The number of ketones is 1. The van der Waals surface area contributed by atoms with Crippen molar-refractivity contribution in [1.29, 1.82) is 0 Å². The molecular weight excluding hydrogens is 292 g/mol. The second-order valence-electron chi connectivity index (χ2n) is 3.88. The van der Waals surface area contributed by atoms with Crippen LogP contribution in [0.15, 0.2) is 41.3 Å². The van der Waals surface area contributed by atoms with E-state index in [2.05, 4.69) is 0 Å². The van der Waals surface area contributed by atoms with Gasteiger partial charge in [-0.15, -0.1) is 11.8 Å². The van der Waals surface area contributed by atoms with Crippen LogP contribution in [0.2, 0.25) is 0 Å². The number of carbonyl (C=O) groups is 1. The molecule has 2 aromatic rings. The van der Waals surface area contributed by atoms with Crippen molar-refractivity contribution in [2.45, 2.75) is 4.90 Å². The highest BCUT2D eigenvalue weighted by Crippen LogP contribution is 2.24. The summed E-state index contributed by atoms with van der Waals surface area (Å²) in [7, 11) is 0. The Morgan fingerprint density at radius 3 is 2.20 bits per heavy atom. The third-order valence-electron chi connectivity index (χ3n) is 2.49. The summed E-state index contributed by atoms with van der Waals surface area (Å²) in [5.41, 5.74) is -0.650. The van der Waals surface area contributed by atoms with Gasteiger partial charge in [0.1, 0.15) is 23.3 Å². The Morgan fingerprint density at radius 1 is 0.950 bits per heavy atom. The summed E-state index contributed by atoms with van der Waals surface area (Å²) in [6.07, 6.45) is 0. The summed E-state index contributed by atoms with van der Waals surface area (Å²) in [5, 5.41) is 0. The van der Waals surface area contributed by atoms with Gasteiger partial charge in [-0.25, -0.2) is 17.6 Å². The van der Waals surface area contributed by atoms with Gasteiger partial charge in [0.2, 0.25) is 0 Å². The summed E-state index contributed by atoms with van der Waals surface area (Å²) in [6.45, 7) is 0. The number of rotatable bonds is 4. The van der Waals surface area contributed by atoms with Crippen molar-refractivity contribution >= 4 is 17.5 Å². The Morgan fingerprint density at radius 2 is 1.60 bits per heavy atom. The predicted octanol–water partition coefficient (Wildman–Crippen LogP) is 4.22. The van der Waals surface area contributed by atoms with Crippen LogP contribution in [0.1, 0.15) is 10.4 Å². The van der Waals surface area contributed by atoms with E-state index in [0.717, 1.165) is 36.0 Å². The first-order valence-electron chi connectivity index (χ1n) is 5.54. The van der Waals surface area contributed by atoms with Crippen LogP contribution in [0.4, 0.5) is 17.6 Å². The molecule has 0 saturated carbocycles. The summed E-state index contributed by atoms with van der Waals surface area (Å²) < 4.78 is 52.8. The molecule has 0 amide bonds. The molecule has 0 N–H and O–H groups in total. The largest absolute Gasteiger partial charge is 0.293 e. The van der Waals surface area contributed by atoms with E-state index in [1.807, 2.05) is 0 Å². The predicted molar refractivity (Wildman–Crippen MR) is 67.8 cm³/mol.